The van der Waals surface area contributed by atoms with Crippen LogP contribution in [0.5, 0.6) is 0 Å². The van der Waals surface area contributed by atoms with E-state index in [1.54, 1.807) is 18.2 Å². The fraction of sp³-hybridized carbons (Fsp3) is 0.176. The van der Waals surface area contributed by atoms with Gasteiger partial charge in [-0.1, -0.05) is 30.3 Å². The van der Waals surface area contributed by atoms with Gasteiger partial charge in [0.2, 0.25) is 0 Å². The van der Waals surface area contributed by atoms with Gasteiger partial charge in [-0.15, -0.1) is 0 Å². The van der Waals surface area contributed by atoms with Gasteiger partial charge < -0.3 is 19.8 Å². The second-order valence-corrected chi connectivity index (χ2v) is 5.64. The Morgan fingerprint density at radius 3 is 2.78 bits per heavy atom. The van der Waals surface area contributed by atoms with Gasteiger partial charge in [0.15, 0.2) is 5.58 Å². The summed E-state index contributed by atoms with van der Waals surface area (Å²) >= 11 is 4.93. The van der Waals surface area contributed by atoms with Gasteiger partial charge in [0.25, 0.3) is 10.7 Å². The number of aliphatic hydroxyl groups is 1. The molecule has 0 saturated carbocycles. The molecule has 0 bridgehead atoms. The molecule has 0 aliphatic heterocycles. The lowest BCUT2D eigenvalue weighted by Crippen LogP contribution is -2.39. The second-order valence-electron chi connectivity index (χ2n) is 5.27. The molecule has 23 heavy (non-hydrogen) atoms. The van der Waals surface area contributed by atoms with E-state index in [0.717, 1.165) is 11.1 Å². The van der Waals surface area contributed by atoms with E-state index in [0.29, 0.717) is 17.6 Å². The number of fused-ring (bicyclic) bond motifs is 1. The van der Waals surface area contributed by atoms with Crippen molar-refractivity contribution in [3.63, 3.8) is 0 Å². The first-order valence-electron chi connectivity index (χ1n) is 7.24. The summed E-state index contributed by atoms with van der Waals surface area (Å²) in [5, 5.41) is 12.3. The van der Waals surface area contributed by atoms with Gasteiger partial charge in [0.05, 0.1) is 18.2 Å². The van der Waals surface area contributed by atoms with Crippen molar-refractivity contribution in [3.8, 4) is 0 Å². The molecule has 0 spiro atoms. The molecule has 5 nitrogen and oxygen atoms in total. The molecular weight excluding hydrogens is 312 g/mol. The summed E-state index contributed by atoms with van der Waals surface area (Å²) in [5.74, 6) is -0.260. The molecule has 3 N–H and O–H groups in total. The Labute approximate surface area is 138 Å². The van der Waals surface area contributed by atoms with Gasteiger partial charge in [-0.3, -0.25) is 4.79 Å². The van der Waals surface area contributed by atoms with Crippen LogP contribution in [0.1, 0.15) is 15.9 Å². The molecular formula is C17H16N2O3S. The molecule has 0 radical (unpaired) electrons. The molecule has 3 rings (SSSR count). The van der Waals surface area contributed by atoms with Crippen LogP contribution >= 0.6 is 12.2 Å². The van der Waals surface area contributed by atoms with Crippen LogP contribution in [0, 0.1) is 4.84 Å². The second kappa shape index (κ2) is 6.76. The third-order valence-electron chi connectivity index (χ3n) is 3.56. The molecule has 1 heterocycles. The van der Waals surface area contributed by atoms with Crippen molar-refractivity contribution in [1.29, 1.82) is 0 Å². The molecule has 3 aromatic rings. The number of amides is 1. The summed E-state index contributed by atoms with van der Waals surface area (Å²) in [6, 6.07) is 14.4. The van der Waals surface area contributed by atoms with Gasteiger partial charge in [-0.25, -0.2) is 0 Å². The van der Waals surface area contributed by atoms with Crippen LogP contribution in [-0.2, 0) is 6.42 Å². The van der Waals surface area contributed by atoms with Crippen LogP contribution in [0.4, 0.5) is 0 Å². The maximum absolute atomic E-state index is 12.4. The lowest BCUT2D eigenvalue weighted by Gasteiger charge is -2.16. The molecule has 0 saturated heterocycles. The first kappa shape index (κ1) is 15.5. The quantitative estimate of drug-likeness (QED) is 0.629. The molecule has 1 amide bonds. The third kappa shape index (κ3) is 3.67. The predicted octanol–water partition coefficient (Wildman–Crippen LogP) is 2.82. The standard InChI is InChI=1S/C17H16N2O3S/c20-10-13(8-11-4-2-1-3-5-11)18-16(21)12-6-7-14-15(9-12)22-17(23)19-14/h1-7,9,13,20H,8,10H2,(H,18,21)(H,19,23). The van der Waals surface area contributed by atoms with Crippen LogP contribution in [0.3, 0.4) is 0 Å². The highest BCUT2D eigenvalue weighted by atomic mass is 32.1. The van der Waals surface area contributed by atoms with Gasteiger partial charge in [0, 0.05) is 5.56 Å². The molecule has 0 aliphatic rings. The van der Waals surface area contributed by atoms with Crippen molar-refractivity contribution >= 4 is 29.2 Å². The molecule has 1 unspecified atom stereocenters. The number of aromatic amines is 1. The van der Waals surface area contributed by atoms with E-state index < -0.39 is 0 Å². The minimum atomic E-state index is -0.349. The number of oxazole rings is 1. The van der Waals surface area contributed by atoms with Crippen molar-refractivity contribution < 1.29 is 14.3 Å². The zero-order valence-corrected chi connectivity index (χ0v) is 13.1. The fourth-order valence-electron chi connectivity index (χ4n) is 2.42. The summed E-state index contributed by atoms with van der Waals surface area (Å²) in [7, 11) is 0. The Bertz CT molecular complexity index is 870. The van der Waals surface area contributed by atoms with E-state index in [1.165, 1.54) is 0 Å². The molecule has 6 heteroatoms. The Morgan fingerprint density at radius 2 is 2.04 bits per heavy atom. The van der Waals surface area contributed by atoms with Gasteiger partial charge >= 0.3 is 0 Å². The van der Waals surface area contributed by atoms with Crippen molar-refractivity contribution in [2.45, 2.75) is 12.5 Å². The van der Waals surface area contributed by atoms with Crippen molar-refractivity contribution in [1.82, 2.24) is 10.3 Å². The van der Waals surface area contributed by atoms with Gasteiger partial charge in [0.1, 0.15) is 0 Å². The van der Waals surface area contributed by atoms with Crippen LogP contribution in [0.25, 0.3) is 11.1 Å². The van der Waals surface area contributed by atoms with Crippen LogP contribution in [0.2, 0.25) is 0 Å². The number of hydrogen-bond donors (Lipinski definition) is 3. The number of nitrogens with one attached hydrogen (secondary N) is 2. The molecule has 118 valence electrons. The zero-order valence-electron chi connectivity index (χ0n) is 12.3. The Balaban J connectivity index is 1.74. The summed E-state index contributed by atoms with van der Waals surface area (Å²) in [6.45, 7) is -0.131. The molecule has 0 fully saturated rings. The molecule has 1 atom stereocenters. The summed E-state index contributed by atoms with van der Waals surface area (Å²) in [4.78, 5) is 15.5. The van der Waals surface area contributed by atoms with Crippen LogP contribution < -0.4 is 5.32 Å². The lowest BCUT2D eigenvalue weighted by molar-refractivity contribution is 0.0916. The molecule has 2 aromatic carbocycles. The first-order valence-corrected chi connectivity index (χ1v) is 7.65. The number of hydrogen-bond acceptors (Lipinski definition) is 4. The van der Waals surface area contributed by atoms with Crippen LogP contribution in [-0.4, -0.2) is 28.6 Å². The molecule has 1 aromatic heterocycles. The van der Waals surface area contributed by atoms with Crippen molar-refractivity contribution in [2.75, 3.05) is 6.61 Å². The third-order valence-corrected chi connectivity index (χ3v) is 3.75. The number of rotatable bonds is 5. The normalized spacial score (nSPS) is 12.2. The SMILES string of the molecule is O=C(NC(CO)Cc1ccccc1)c1ccc2[nH]c(=S)oc2c1. The van der Waals surface area contributed by atoms with E-state index in [9.17, 15) is 9.90 Å². The number of H-pyrrole nitrogens is 1. The summed E-state index contributed by atoms with van der Waals surface area (Å²) in [5.41, 5.74) is 2.79. The predicted molar refractivity (Wildman–Crippen MR) is 89.9 cm³/mol. The number of aliphatic hydroxyl groups excluding tert-OH is 1. The lowest BCUT2D eigenvalue weighted by atomic mass is 10.1. The van der Waals surface area contributed by atoms with E-state index in [2.05, 4.69) is 10.3 Å². The van der Waals surface area contributed by atoms with Crippen molar-refractivity contribution in [3.05, 3.63) is 64.5 Å². The summed E-state index contributed by atoms with van der Waals surface area (Å²) in [6.07, 6.45) is 0.566. The minimum absolute atomic E-state index is 0.131. The number of aromatic nitrogens is 1. The van der Waals surface area contributed by atoms with Crippen LogP contribution in [0.15, 0.2) is 52.9 Å². The highest BCUT2D eigenvalue weighted by Gasteiger charge is 2.14. The Hall–Kier alpha value is -2.44. The Kier molecular flexibility index (Phi) is 4.55. The highest BCUT2D eigenvalue weighted by molar-refractivity contribution is 7.71. The van der Waals surface area contributed by atoms with Gasteiger partial charge in [-0.2, -0.15) is 0 Å². The molecule has 0 aliphatic carbocycles. The number of benzene rings is 2. The smallest absolute Gasteiger partial charge is 0.266 e. The largest absolute Gasteiger partial charge is 0.429 e. The summed E-state index contributed by atoms with van der Waals surface area (Å²) < 4.78 is 5.32. The minimum Gasteiger partial charge on any atom is -0.429 e. The van der Waals surface area contributed by atoms with E-state index in [4.69, 9.17) is 16.6 Å². The van der Waals surface area contributed by atoms with E-state index in [-0.39, 0.29) is 23.4 Å². The fourth-order valence-corrected chi connectivity index (χ4v) is 2.61. The first-order chi connectivity index (χ1) is 11.2. The number of carbonyl (C=O) groups is 1. The average Bonchev–Trinajstić information content (AvgIpc) is 2.94. The van der Waals surface area contributed by atoms with Crippen molar-refractivity contribution in [2.24, 2.45) is 0 Å². The monoisotopic (exact) mass is 328 g/mol. The van der Waals surface area contributed by atoms with E-state index >= 15 is 0 Å². The Morgan fingerprint density at radius 1 is 1.26 bits per heavy atom. The van der Waals surface area contributed by atoms with E-state index in [1.807, 2.05) is 30.3 Å². The maximum Gasteiger partial charge on any atom is 0.266 e. The van der Waals surface area contributed by atoms with Gasteiger partial charge in [-0.05, 0) is 42.4 Å². The average molecular weight is 328 g/mol. The maximum atomic E-state index is 12.4. The topological polar surface area (TPSA) is 78.3 Å². The zero-order chi connectivity index (χ0) is 16.2. The highest BCUT2D eigenvalue weighted by Crippen LogP contribution is 2.15. The number of carbonyl (C=O) groups excluding carboxylic acids is 1.